The highest BCUT2D eigenvalue weighted by molar-refractivity contribution is 9.10. The monoisotopic (exact) mass is 430 g/mol. The van der Waals surface area contributed by atoms with E-state index in [1.165, 1.54) is 0 Å². The third kappa shape index (κ3) is 5.07. The van der Waals surface area contributed by atoms with Crippen molar-refractivity contribution in [2.24, 2.45) is 0 Å². The second-order valence-corrected chi connectivity index (χ2v) is 6.73. The van der Waals surface area contributed by atoms with Gasteiger partial charge in [-0.15, -0.1) is 0 Å². The maximum atomic E-state index is 12.2. The van der Waals surface area contributed by atoms with Crippen LogP contribution in [0.5, 0.6) is 11.5 Å². The third-order valence-electron chi connectivity index (χ3n) is 3.93. The van der Waals surface area contributed by atoms with Crippen LogP contribution >= 0.6 is 15.9 Å². The lowest BCUT2D eigenvalue weighted by atomic mass is 10.1. The molecule has 0 atom stereocenters. The van der Waals surface area contributed by atoms with Crippen molar-refractivity contribution in [3.05, 3.63) is 64.0 Å². The van der Waals surface area contributed by atoms with E-state index >= 15 is 0 Å². The quantitative estimate of drug-likeness (QED) is 0.597. The van der Waals surface area contributed by atoms with Gasteiger partial charge in [0.15, 0.2) is 5.82 Å². The Morgan fingerprint density at radius 3 is 2.48 bits per heavy atom. The molecule has 1 aromatic carbocycles. The van der Waals surface area contributed by atoms with Gasteiger partial charge in [-0.3, -0.25) is 9.89 Å². The summed E-state index contributed by atoms with van der Waals surface area (Å²) in [5.74, 6) is 1.66. The Kier molecular flexibility index (Phi) is 6.08. The highest BCUT2D eigenvalue weighted by atomic mass is 79.9. The van der Waals surface area contributed by atoms with Gasteiger partial charge in [0.05, 0.1) is 14.2 Å². The van der Waals surface area contributed by atoms with E-state index in [4.69, 9.17) is 9.47 Å². The summed E-state index contributed by atoms with van der Waals surface area (Å²) in [6, 6.07) is 11.0. The van der Waals surface area contributed by atoms with Gasteiger partial charge in [-0.2, -0.15) is 5.10 Å². The van der Waals surface area contributed by atoms with E-state index in [0.717, 1.165) is 40.1 Å². The van der Waals surface area contributed by atoms with Gasteiger partial charge in [0.1, 0.15) is 17.2 Å². The number of pyridine rings is 1. The predicted octanol–water partition coefficient (Wildman–Crippen LogP) is 3.62. The molecule has 0 saturated heterocycles. The minimum absolute atomic E-state index is 0.307. The summed E-state index contributed by atoms with van der Waals surface area (Å²) in [7, 11) is 3.26. The molecular formula is C19H19BrN4O3. The minimum atomic E-state index is -0.307. The van der Waals surface area contributed by atoms with Crippen molar-refractivity contribution in [2.45, 2.75) is 12.8 Å². The fraction of sp³-hybridized carbons (Fsp3) is 0.211. The van der Waals surface area contributed by atoms with E-state index in [1.807, 2.05) is 24.3 Å². The Balaban J connectivity index is 1.61. The van der Waals surface area contributed by atoms with Crippen LogP contribution in [-0.4, -0.2) is 35.3 Å². The number of methoxy groups -OCH3 is 2. The predicted molar refractivity (Wildman–Crippen MR) is 105 cm³/mol. The number of hydrogen-bond donors (Lipinski definition) is 2. The largest absolute Gasteiger partial charge is 0.497 e. The average molecular weight is 431 g/mol. The fourth-order valence-corrected chi connectivity index (χ4v) is 2.77. The summed E-state index contributed by atoms with van der Waals surface area (Å²) in [6.07, 6.45) is 3.08. The summed E-state index contributed by atoms with van der Waals surface area (Å²) in [4.78, 5) is 16.3. The van der Waals surface area contributed by atoms with E-state index < -0.39 is 0 Å². The first-order chi connectivity index (χ1) is 13.1. The number of nitrogens with one attached hydrogen (secondary N) is 2. The van der Waals surface area contributed by atoms with Crippen LogP contribution in [0.2, 0.25) is 0 Å². The van der Waals surface area contributed by atoms with Gasteiger partial charge in [-0.1, -0.05) is 0 Å². The molecule has 0 fully saturated rings. The van der Waals surface area contributed by atoms with Crippen LogP contribution in [0, 0.1) is 0 Å². The van der Waals surface area contributed by atoms with E-state index in [0.29, 0.717) is 11.5 Å². The van der Waals surface area contributed by atoms with Crippen molar-refractivity contribution in [1.82, 2.24) is 15.2 Å². The van der Waals surface area contributed by atoms with Crippen LogP contribution < -0.4 is 14.8 Å². The maximum Gasteiger partial charge on any atom is 0.275 e. The average Bonchev–Trinajstić information content (AvgIpc) is 3.13. The standard InChI is InChI=1S/C19H19BrN4O3/c1-26-15-7-12(8-16(10-15)27-2)3-5-14-9-18(24-23-14)22-19(25)17-6-4-13(20)11-21-17/h4,6-11H,3,5H2,1-2H3,(H2,22,23,24,25). The van der Waals surface area contributed by atoms with Crippen LogP contribution in [0.1, 0.15) is 21.7 Å². The number of aromatic amines is 1. The zero-order chi connectivity index (χ0) is 19.2. The Labute approximate surface area is 165 Å². The Morgan fingerprint density at radius 2 is 1.85 bits per heavy atom. The third-order valence-corrected chi connectivity index (χ3v) is 4.40. The fourth-order valence-electron chi connectivity index (χ4n) is 2.53. The summed E-state index contributed by atoms with van der Waals surface area (Å²) >= 11 is 3.29. The first kappa shape index (κ1) is 18.9. The second-order valence-electron chi connectivity index (χ2n) is 5.82. The lowest BCUT2D eigenvalue weighted by Crippen LogP contribution is -2.13. The van der Waals surface area contributed by atoms with Crippen molar-refractivity contribution < 1.29 is 14.3 Å². The molecule has 8 heteroatoms. The number of nitrogens with zero attached hydrogens (tertiary/aromatic N) is 2. The van der Waals surface area contributed by atoms with Crippen LogP contribution in [0.25, 0.3) is 0 Å². The molecule has 0 aliphatic rings. The molecule has 0 spiro atoms. The number of ether oxygens (including phenoxy) is 2. The molecule has 2 heterocycles. The molecule has 2 aromatic heterocycles. The van der Waals surface area contributed by atoms with Crippen molar-refractivity contribution in [3.8, 4) is 11.5 Å². The van der Waals surface area contributed by atoms with Gasteiger partial charge < -0.3 is 14.8 Å². The lowest BCUT2D eigenvalue weighted by molar-refractivity contribution is 0.102. The van der Waals surface area contributed by atoms with Crippen LogP contribution in [0.3, 0.4) is 0 Å². The zero-order valence-electron chi connectivity index (χ0n) is 15.0. The Bertz CT molecular complexity index is 903. The molecule has 0 bridgehead atoms. The summed E-state index contributed by atoms with van der Waals surface area (Å²) in [5.41, 5.74) is 2.33. The summed E-state index contributed by atoms with van der Waals surface area (Å²) in [6.45, 7) is 0. The number of H-pyrrole nitrogens is 1. The van der Waals surface area contributed by atoms with Crippen LogP contribution in [0.15, 0.2) is 47.1 Å². The maximum absolute atomic E-state index is 12.2. The van der Waals surface area contributed by atoms with Crippen LogP contribution in [-0.2, 0) is 12.8 Å². The number of halogens is 1. The molecule has 7 nitrogen and oxygen atoms in total. The lowest BCUT2D eigenvalue weighted by Gasteiger charge is -2.08. The highest BCUT2D eigenvalue weighted by Crippen LogP contribution is 2.23. The molecule has 0 aliphatic heterocycles. The summed E-state index contributed by atoms with van der Waals surface area (Å²) in [5, 5.41) is 9.81. The normalized spacial score (nSPS) is 10.5. The second kappa shape index (κ2) is 8.68. The number of hydrogen-bond acceptors (Lipinski definition) is 5. The first-order valence-electron chi connectivity index (χ1n) is 8.26. The van der Waals surface area contributed by atoms with Crippen molar-refractivity contribution in [2.75, 3.05) is 19.5 Å². The Morgan fingerprint density at radius 1 is 1.11 bits per heavy atom. The number of carbonyl (C=O) groups is 1. The van der Waals surface area contributed by atoms with E-state index in [9.17, 15) is 4.79 Å². The topological polar surface area (TPSA) is 89.1 Å². The molecule has 0 radical (unpaired) electrons. The number of aryl methyl sites for hydroxylation is 2. The molecule has 2 N–H and O–H groups in total. The molecule has 3 aromatic rings. The first-order valence-corrected chi connectivity index (χ1v) is 9.06. The molecule has 0 aliphatic carbocycles. The number of rotatable bonds is 7. The van der Waals surface area contributed by atoms with Gasteiger partial charge in [0.25, 0.3) is 5.91 Å². The molecule has 1 amide bonds. The molecule has 0 unspecified atom stereocenters. The van der Waals surface area contributed by atoms with Crippen molar-refractivity contribution in [3.63, 3.8) is 0 Å². The van der Waals surface area contributed by atoms with Gasteiger partial charge in [-0.05, 0) is 58.6 Å². The number of aromatic nitrogens is 3. The van der Waals surface area contributed by atoms with Gasteiger partial charge in [0.2, 0.25) is 0 Å². The Hall–Kier alpha value is -2.87. The van der Waals surface area contributed by atoms with Gasteiger partial charge in [-0.25, -0.2) is 4.98 Å². The SMILES string of the molecule is COc1cc(CCc2cc(NC(=O)c3ccc(Br)cn3)n[nH]2)cc(OC)c1. The number of benzene rings is 1. The van der Waals surface area contributed by atoms with Crippen molar-refractivity contribution in [1.29, 1.82) is 0 Å². The van der Waals surface area contributed by atoms with Crippen molar-refractivity contribution >= 4 is 27.7 Å². The summed E-state index contributed by atoms with van der Waals surface area (Å²) < 4.78 is 11.4. The van der Waals surface area contributed by atoms with Gasteiger partial charge >= 0.3 is 0 Å². The molecule has 3 rings (SSSR count). The molecular weight excluding hydrogens is 412 g/mol. The molecule has 140 valence electrons. The molecule has 0 saturated carbocycles. The minimum Gasteiger partial charge on any atom is -0.497 e. The van der Waals surface area contributed by atoms with Crippen LogP contribution in [0.4, 0.5) is 5.82 Å². The van der Waals surface area contributed by atoms with E-state index in [1.54, 1.807) is 32.5 Å². The number of amides is 1. The smallest absolute Gasteiger partial charge is 0.275 e. The number of carbonyl (C=O) groups excluding carboxylic acids is 1. The molecule has 27 heavy (non-hydrogen) atoms. The highest BCUT2D eigenvalue weighted by Gasteiger charge is 2.10. The zero-order valence-corrected chi connectivity index (χ0v) is 16.5. The van der Waals surface area contributed by atoms with E-state index in [2.05, 4.69) is 36.4 Å². The van der Waals surface area contributed by atoms with Gasteiger partial charge in [0, 0.05) is 28.5 Å². The number of anilines is 1. The van der Waals surface area contributed by atoms with E-state index in [-0.39, 0.29) is 5.91 Å².